The molecule has 1 saturated carbocycles. The summed E-state index contributed by atoms with van der Waals surface area (Å²) in [4.78, 5) is 25.1. The molecule has 0 aromatic carbocycles. The lowest BCUT2D eigenvalue weighted by Crippen LogP contribution is -2.45. The third kappa shape index (κ3) is 3.23. The molecule has 2 fully saturated rings. The Balaban J connectivity index is 1.90. The molecule has 1 unspecified atom stereocenters. The van der Waals surface area contributed by atoms with Crippen molar-refractivity contribution in [3.63, 3.8) is 0 Å². The van der Waals surface area contributed by atoms with Crippen LogP contribution in [0.5, 0.6) is 0 Å². The number of carbonyl (C=O) groups is 2. The van der Waals surface area contributed by atoms with Gasteiger partial charge >= 0.3 is 0 Å². The highest BCUT2D eigenvalue weighted by Gasteiger charge is 2.31. The number of hydrogen-bond donors (Lipinski definition) is 1. The molecular formula is C13H18N2O2. The minimum absolute atomic E-state index is 0.0414. The maximum absolute atomic E-state index is 12.2. The second-order valence-electron chi connectivity index (χ2n) is 4.91. The Morgan fingerprint density at radius 2 is 2.24 bits per heavy atom. The monoisotopic (exact) mass is 234 g/mol. The first-order valence-electron chi connectivity index (χ1n) is 6.19. The fraction of sp³-hybridized carbons (Fsp3) is 0.692. The first-order chi connectivity index (χ1) is 8.20. The molecule has 4 nitrogen and oxygen atoms in total. The molecule has 0 aromatic heterocycles. The van der Waals surface area contributed by atoms with Gasteiger partial charge in [0.15, 0.2) is 0 Å². The van der Waals surface area contributed by atoms with E-state index in [0.29, 0.717) is 31.8 Å². The number of piperidine rings is 1. The SMILES string of the molecule is C#CCN(CC1CC1)C(=O)C1CCC(=O)NC1. The van der Waals surface area contributed by atoms with Gasteiger partial charge in [-0.1, -0.05) is 5.92 Å². The molecule has 1 N–H and O–H groups in total. The summed E-state index contributed by atoms with van der Waals surface area (Å²) in [5.74, 6) is 3.26. The lowest BCUT2D eigenvalue weighted by molar-refractivity contribution is -0.137. The van der Waals surface area contributed by atoms with E-state index in [2.05, 4.69) is 11.2 Å². The van der Waals surface area contributed by atoms with Crippen LogP contribution in [0.3, 0.4) is 0 Å². The van der Waals surface area contributed by atoms with Crippen molar-refractivity contribution in [1.29, 1.82) is 0 Å². The summed E-state index contributed by atoms with van der Waals surface area (Å²) in [6, 6.07) is 0. The third-order valence-corrected chi connectivity index (χ3v) is 3.38. The van der Waals surface area contributed by atoms with E-state index in [-0.39, 0.29) is 17.7 Å². The van der Waals surface area contributed by atoms with E-state index in [1.54, 1.807) is 4.90 Å². The largest absolute Gasteiger partial charge is 0.355 e. The summed E-state index contributed by atoms with van der Waals surface area (Å²) < 4.78 is 0. The molecule has 1 saturated heterocycles. The standard InChI is InChI=1S/C13H18N2O2/c1-2-7-15(9-10-3-4-10)13(17)11-5-6-12(16)14-8-11/h1,10-11H,3-9H2,(H,14,16). The van der Waals surface area contributed by atoms with Crippen LogP contribution in [0.4, 0.5) is 0 Å². The maximum atomic E-state index is 12.2. The number of carbonyl (C=O) groups excluding carboxylic acids is 2. The molecule has 2 amide bonds. The Morgan fingerprint density at radius 3 is 2.76 bits per heavy atom. The normalized spacial score (nSPS) is 23.7. The summed E-state index contributed by atoms with van der Waals surface area (Å²) >= 11 is 0. The molecule has 92 valence electrons. The Kier molecular flexibility index (Phi) is 3.68. The van der Waals surface area contributed by atoms with Crippen molar-refractivity contribution in [3.8, 4) is 12.3 Å². The molecule has 2 aliphatic rings. The predicted molar refractivity (Wildman–Crippen MR) is 63.9 cm³/mol. The van der Waals surface area contributed by atoms with E-state index >= 15 is 0 Å². The molecule has 0 bridgehead atoms. The number of terminal acetylenes is 1. The predicted octanol–water partition coefficient (Wildman–Crippen LogP) is 0.384. The molecule has 1 aliphatic heterocycles. The van der Waals surface area contributed by atoms with E-state index in [4.69, 9.17) is 6.42 Å². The van der Waals surface area contributed by atoms with E-state index < -0.39 is 0 Å². The first kappa shape index (κ1) is 12.0. The molecule has 0 aromatic rings. The highest BCUT2D eigenvalue weighted by molar-refractivity contribution is 5.84. The molecule has 1 heterocycles. The van der Waals surface area contributed by atoms with Crippen molar-refractivity contribution < 1.29 is 9.59 Å². The second-order valence-corrected chi connectivity index (χ2v) is 4.91. The molecule has 4 heteroatoms. The maximum Gasteiger partial charge on any atom is 0.228 e. The zero-order valence-electron chi connectivity index (χ0n) is 9.95. The van der Waals surface area contributed by atoms with Crippen LogP contribution in [0.1, 0.15) is 25.7 Å². The zero-order chi connectivity index (χ0) is 12.3. The number of hydrogen-bond acceptors (Lipinski definition) is 2. The van der Waals surface area contributed by atoms with Gasteiger partial charge in [0, 0.05) is 19.5 Å². The Labute approximate surface area is 102 Å². The highest BCUT2D eigenvalue weighted by Crippen LogP contribution is 2.30. The van der Waals surface area contributed by atoms with Gasteiger partial charge in [-0.3, -0.25) is 9.59 Å². The van der Waals surface area contributed by atoms with Crippen molar-refractivity contribution in [2.24, 2.45) is 11.8 Å². The van der Waals surface area contributed by atoms with Crippen molar-refractivity contribution >= 4 is 11.8 Å². The van der Waals surface area contributed by atoms with Crippen molar-refractivity contribution in [2.45, 2.75) is 25.7 Å². The Morgan fingerprint density at radius 1 is 1.47 bits per heavy atom. The van der Waals surface area contributed by atoms with Gasteiger partial charge in [0.2, 0.25) is 11.8 Å². The Hall–Kier alpha value is -1.50. The summed E-state index contributed by atoms with van der Waals surface area (Å²) in [5, 5.41) is 2.74. The van der Waals surface area contributed by atoms with Gasteiger partial charge in [-0.15, -0.1) is 6.42 Å². The van der Waals surface area contributed by atoms with Crippen LogP contribution in [0, 0.1) is 24.2 Å². The van der Waals surface area contributed by atoms with Gasteiger partial charge in [0.1, 0.15) is 0 Å². The third-order valence-electron chi connectivity index (χ3n) is 3.38. The number of nitrogens with zero attached hydrogens (tertiary/aromatic N) is 1. The zero-order valence-corrected chi connectivity index (χ0v) is 9.95. The second kappa shape index (κ2) is 5.22. The summed E-state index contributed by atoms with van der Waals surface area (Å²) in [6.07, 6.45) is 8.81. The van der Waals surface area contributed by atoms with E-state index in [1.165, 1.54) is 12.8 Å². The lowest BCUT2D eigenvalue weighted by Gasteiger charge is -2.28. The average molecular weight is 234 g/mol. The van der Waals surface area contributed by atoms with E-state index in [9.17, 15) is 9.59 Å². The van der Waals surface area contributed by atoms with Crippen molar-refractivity contribution in [3.05, 3.63) is 0 Å². The molecule has 0 spiro atoms. The van der Waals surface area contributed by atoms with Gasteiger partial charge in [-0.05, 0) is 25.2 Å². The molecule has 0 radical (unpaired) electrons. The fourth-order valence-electron chi connectivity index (χ4n) is 2.16. The Bertz CT molecular complexity index is 345. The van der Waals surface area contributed by atoms with Gasteiger partial charge in [0.25, 0.3) is 0 Å². The van der Waals surface area contributed by atoms with Gasteiger partial charge < -0.3 is 10.2 Å². The lowest BCUT2D eigenvalue weighted by atomic mass is 9.97. The number of rotatable bonds is 4. The van der Waals surface area contributed by atoms with Gasteiger partial charge in [-0.25, -0.2) is 0 Å². The van der Waals surface area contributed by atoms with Crippen LogP contribution in [0.2, 0.25) is 0 Å². The molecule has 2 rings (SSSR count). The summed E-state index contributed by atoms with van der Waals surface area (Å²) in [6.45, 7) is 1.64. The van der Waals surface area contributed by atoms with Crippen molar-refractivity contribution in [1.82, 2.24) is 10.2 Å². The van der Waals surface area contributed by atoms with E-state index in [1.807, 2.05) is 0 Å². The van der Waals surface area contributed by atoms with E-state index in [0.717, 1.165) is 6.54 Å². The molecule has 1 atom stereocenters. The van der Waals surface area contributed by atoms with Crippen LogP contribution in [-0.2, 0) is 9.59 Å². The minimum Gasteiger partial charge on any atom is -0.355 e. The minimum atomic E-state index is -0.0835. The first-order valence-corrected chi connectivity index (χ1v) is 6.19. The molecule has 1 aliphatic carbocycles. The smallest absolute Gasteiger partial charge is 0.228 e. The average Bonchev–Trinajstić information content (AvgIpc) is 3.13. The topological polar surface area (TPSA) is 49.4 Å². The van der Waals surface area contributed by atoms with Gasteiger partial charge in [-0.2, -0.15) is 0 Å². The van der Waals surface area contributed by atoms with Crippen LogP contribution in [0.15, 0.2) is 0 Å². The summed E-state index contributed by atoms with van der Waals surface area (Å²) in [5.41, 5.74) is 0. The fourth-order valence-corrected chi connectivity index (χ4v) is 2.16. The molecular weight excluding hydrogens is 216 g/mol. The van der Waals surface area contributed by atoms with Gasteiger partial charge in [0.05, 0.1) is 12.5 Å². The van der Waals surface area contributed by atoms with Crippen LogP contribution >= 0.6 is 0 Å². The number of nitrogens with one attached hydrogen (secondary N) is 1. The highest BCUT2D eigenvalue weighted by atomic mass is 16.2. The van der Waals surface area contributed by atoms with Crippen molar-refractivity contribution in [2.75, 3.05) is 19.6 Å². The quantitative estimate of drug-likeness (QED) is 0.715. The molecule has 17 heavy (non-hydrogen) atoms. The summed E-state index contributed by atoms with van der Waals surface area (Å²) in [7, 11) is 0. The van der Waals surface area contributed by atoms with Crippen LogP contribution in [0.25, 0.3) is 0 Å². The van der Waals surface area contributed by atoms with Crippen LogP contribution < -0.4 is 5.32 Å². The van der Waals surface area contributed by atoms with Crippen LogP contribution in [-0.4, -0.2) is 36.3 Å². The number of amides is 2.